The maximum absolute atomic E-state index is 13.9. The zero-order valence-corrected chi connectivity index (χ0v) is 13.4. The third-order valence-electron chi connectivity index (χ3n) is 3.21. The van der Waals surface area contributed by atoms with Crippen LogP contribution >= 0.6 is 0 Å². The average Bonchev–Trinajstić information content (AvgIpc) is 2.52. The number of hydrogen-bond acceptors (Lipinski definition) is 4. The number of alkyl halides is 10. The van der Waals surface area contributed by atoms with E-state index in [9.17, 15) is 53.5 Å². The third-order valence-corrected chi connectivity index (χ3v) is 3.21. The molecule has 0 heterocycles. The maximum Gasteiger partial charge on any atom is 0.474 e. The molecule has 0 saturated carbocycles. The van der Waals surface area contributed by atoms with E-state index in [0.29, 0.717) is 12.1 Å². The van der Waals surface area contributed by atoms with Gasteiger partial charge in [0, 0.05) is 5.56 Å². The van der Waals surface area contributed by atoms with Gasteiger partial charge in [0.25, 0.3) is 0 Å². The lowest BCUT2D eigenvalue weighted by Gasteiger charge is -2.38. The van der Waals surface area contributed by atoms with Crippen LogP contribution in [0.5, 0.6) is 5.75 Å². The van der Waals surface area contributed by atoms with Gasteiger partial charge in [-0.05, 0) is 24.3 Å². The molecule has 0 aliphatic carbocycles. The zero-order valence-electron chi connectivity index (χ0n) is 13.4. The van der Waals surface area contributed by atoms with Crippen molar-refractivity contribution in [3.05, 3.63) is 29.8 Å². The van der Waals surface area contributed by atoms with Gasteiger partial charge in [-0.3, -0.25) is 0 Å². The highest BCUT2D eigenvalue weighted by atomic mass is 19.4. The molecule has 4 N–H and O–H groups in total. The molecule has 0 fully saturated rings. The lowest BCUT2D eigenvalue weighted by Crippen LogP contribution is -2.67. The first-order valence-electron chi connectivity index (χ1n) is 6.76. The predicted molar refractivity (Wildman–Crippen MR) is 71.0 cm³/mol. The molecule has 16 heteroatoms. The summed E-state index contributed by atoms with van der Waals surface area (Å²) in [6.07, 6.45) is -10.9. The largest absolute Gasteiger partial charge is 0.474 e. The van der Waals surface area contributed by atoms with E-state index in [0.717, 1.165) is 0 Å². The fourth-order valence-electron chi connectivity index (χ4n) is 1.80. The Morgan fingerprint density at radius 3 is 1.52 bits per heavy atom. The van der Waals surface area contributed by atoms with Crippen molar-refractivity contribution in [2.75, 3.05) is 0 Å². The molecule has 0 aliphatic rings. The first-order chi connectivity index (χ1) is 12.8. The van der Waals surface area contributed by atoms with Gasteiger partial charge in [-0.1, -0.05) is 0 Å². The standard InChI is InChI=1S/C13H8F10N2O4/c14-9(15,5-1-3-6(4-2-5)28-7(24)26)10(16,17)11(18,19)12(20,21)13(22,23)29-8(25)27/h1-4H,(H2,24,26)(H2,25,27). The number of primary amides is 2. The molecule has 0 aromatic heterocycles. The zero-order chi connectivity index (χ0) is 23.1. The minimum atomic E-state index is -7.47. The van der Waals surface area contributed by atoms with Crippen molar-refractivity contribution in [2.24, 2.45) is 11.5 Å². The van der Waals surface area contributed by atoms with Gasteiger partial charge in [0.05, 0.1) is 0 Å². The van der Waals surface area contributed by atoms with Crippen LogP contribution < -0.4 is 16.2 Å². The smallest absolute Gasteiger partial charge is 0.411 e. The number of rotatable bonds is 7. The van der Waals surface area contributed by atoms with Crippen LogP contribution in [0.1, 0.15) is 5.56 Å². The van der Waals surface area contributed by atoms with Crippen molar-refractivity contribution >= 4 is 12.2 Å². The molecular formula is C13H8F10N2O4. The molecular weight excluding hydrogens is 438 g/mol. The minimum Gasteiger partial charge on any atom is -0.411 e. The summed E-state index contributed by atoms with van der Waals surface area (Å²) >= 11 is 0. The summed E-state index contributed by atoms with van der Waals surface area (Å²) in [6.45, 7) is 0. The van der Waals surface area contributed by atoms with Crippen molar-refractivity contribution in [1.82, 2.24) is 0 Å². The van der Waals surface area contributed by atoms with E-state index in [1.165, 1.54) is 0 Å². The second-order valence-corrected chi connectivity index (χ2v) is 5.18. The van der Waals surface area contributed by atoms with Gasteiger partial charge in [0.2, 0.25) is 0 Å². The van der Waals surface area contributed by atoms with Crippen molar-refractivity contribution in [3.8, 4) is 5.75 Å². The maximum atomic E-state index is 13.9. The van der Waals surface area contributed by atoms with Crippen molar-refractivity contribution < 1.29 is 63.0 Å². The summed E-state index contributed by atoms with van der Waals surface area (Å²) in [6, 6.07) is 0.618. The van der Waals surface area contributed by atoms with Crippen LogP contribution in [0, 0.1) is 0 Å². The van der Waals surface area contributed by atoms with E-state index >= 15 is 0 Å². The number of halogens is 10. The monoisotopic (exact) mass is 446 g/mol. The summed E-state index contributed by atoms with van der Waals surface area (Å²) in [5.41, 5.74) is 6.48. The van der Waals surface area contributed by atoms with Crippen LogP contribution in [0.3, 0.4) is 0 Å². The van der Waals surface area contributed by atoms with Crippen LogP contribution in [0.25, 0.3) is 0 Å². The predicted octanol–water partition coefficient (Wildman–Crippen LogP) is 3.83. The normalized spacial score (nSPS) is 13.7. The molecule has 6 nitrogen and oxygen atoms in total. The molecule has 0 saturated heterocycles. The van der Waals surface area contributed by atoms with Gasteiger partial charge in [0.1, 0.15) is 5.75 Å². The molecule has 0 bridgehead atoms. The molecule has 164 valence electrons. The highest BCUT2D eigenvalue weighted by Gasteiger charge is 2.88. The van der Waals surface area contributed by atoms with Gasteiger partial charge in [0.15, 0.2) is 0 Å². The molecule has 2 amide bonds. The Balaban J connectivity index is 3.41. The molecule has 1 aromatic carbocycles. The first kappa shape index (κ1) is 24.1. The Labute approximate surface area is 153 Å². The van der Waals surface area contributed by atoms with E-state index in [1.807, 2.05) is 0 Å². The Hall–Kier alpha value is -2.94. The Kier molecular flexibility index (Phi) is 5.94. The average molecular weight is 446 g/mol. The van der Waals surface area contributed by atoms with Gasteiger partial charge < -0.3 is 20.9 Å². The lowest BCUT2D eigenvalue weighted by molar-refractivity contribution is -0.437. The molecule has 0 spiro atoms. The van der Waals surface area contributed by atoms with Crippen molar-refractivity contribution in [1.29, 1.82) is 0 Å². The number of carbonyl (C=O) groups excluding carboxylic acids is 2. The second-order valence-electron chi connectivity index (χ2n) is 5.18. The molecule has 1 rings (SSSR count). The van der Waals surface area contributed by atoms with E-state index < -0.39 is 53.3 Å². The van der Waals surface area contributed by atoms with E-state index in [4.69, 9.17) is 0 Å². The number of benzene rings is 1. The second kappa shape index (κ2) is 7.14. The molecule has 0 unspecified atom stereocenters. The summed E-state index contributed by atoms with van der Waals surface area (Å²) in [5, 5.41) is 0. The summed E-state index contributed by atoms with van der Waals surface area (Å²) in [4.78, 5) is 20.6. The van der Waals surface area contributed by atoms with Gasteiger partial charge in [-0.2, -0.15) is 43.9 Å². The van der Waals surface area contributed by atoms with Crippen LogP contribution in [-0.4, -0.2) is 36.1 Å². The Bertz CT molecular complexity index is 782. The highest BCUT2D eigenvalue weighted by molar-refractivity contribution is 5.68. The summed E-state index contributed by atoms with van der Waals surface area (Å²) in [5.74, 6) is -28.7. The van der Waals surface area contributed by atoms with Crippen LogP contribution in [0.15, 0.2) is 24.3 Å². The Morgan fingerprint density at radius 2 is 1.14 bits per heavy atom. The highest BCUT2D eigenvalue weighted by Crippen LogP contribution is 2.59. The Morgan fingerprint density at radius 1 is 0.690 bits per heavy atom. The molecule has 0 radical (unpaired) electrons. The van der Waals surface area contributed by atoms with Gasteiger partial charge in [-0.25, -0.2) is 9.59 Å². The molecule has 0 atom stereocenters. The van der Waals surface area contributed by atoms with E-state index in [2.05, 4.69) is 20.9 Å². The SMILES string of the molecule is NC(=O)Oc1ccc(C(F)(F)C(F)(F)C(F)(F)C(F)(F)C(F)(F)OC(N)=O)cc1. The molecule has 29 heavy (non-hydrogen) atoms. The minimum absolute atomic E-state index is 0.0432. The van der Waals surface area contributed by atoms with Crippen LogP contribution in [0.4, 0.5) is 53.5 Å². The summed E-state index contributed by atoms with van der Waals surface area (Å²) < 4.78 is 142. The fourth-order valence-corrected chi connectivity index (χ4v) is 1.80. The van der Waals surface area contributed by atoms with Crippen molar-refractivity contribution in [3.63, 3.8) is 0 Å². The first-order valence-corrected chi connectivity index (χ1v) is 6.76. The van der Waals surface area contributed by atoms with E-state index in [1.54, 1.807) is 0 Å². The molecule has 1 aromatic rings. The van der Waals surface area contributed by atoms with E-state index in [-0.39, 0.29) is 12.1 Å². The fraction of sp³-hybridized carbons (Fsp3) is 0.385. The van der Waals surface area contributed by atoms with Crippen molar-refractivity contribution in [2.45, 2.75) is 29.8 Å². The van der Waals surface area contributed by atoms with Crippen LogP contribution in [-0.2, 0) is 10.7 Å². The van der Waals surface area contributed by atoms with Crippen LogP contribution in [0.2, 0.25) is 0 Å². The third kappa shape index (κ3) is 3.95. The van der Waals surface area contributed by atoms with Gasteiger partial charge in [-0.15, -0.1) is 0 Å². The van der Waals surface area contributed by atoms with Gasteiger partial charge >= 0.3 is 42.0 Å². The quantitative estimate of drug-likeness (QED) is 0.622. The number of carbonyl (C=O) groups is 2. The lowest BCUT2D eigenvalue weighted by atomic mass is 9.93. The number of nitrogens with two attached hydrogens (primary N) is 2. The number of hydrogen-bond donors (Lipinski definition) is 2. The molecule has 0 aliphatic heterocycles. The summed E-state index contributed by atoms with van der Waals surface area (Å²) in [7, 11) is 0. The number of ether oxygens (including phenoxy) is 2. The number of amides is 2. The topological polar surface area (TPSA) is 105 Å².